The number of nitrogens with zero attached hydrogens (tertiary/aromatic N) is 1. The standard InChI is InChI=1S/C8H18N4O/c9-2-1-7-5-11-3-4-12(7)6-8(10)13/h7,11H,1-6,9H2,(H2,10,13). The van der Waals surface area contributed by atoms with Crippen LogP contribution in [0.2, 0.25) is 0 Å². The van der Waals surface area contributed by atoms with Gasteiger partial charge >= 0.3 is 0 Å². The van der Waals surface area contributed by atoms with Crippen molar-refractivity contribution in [1.29, 1.82) is 0 Å². The number of rotatable bonds is 4. The Labute approximate surface area is 78.4 Å². The predicted octanol–water partition coefficient (Wildman–Crippen LogP) is -1.91. The molecule has 1 fully saturated rings. The Kier molecular flexibility index (Phi) is 4.14. The molecule has 0 bridgehead atoms. The Hall–Kier alpha value is -0.650. The van der Waals surface area contributed by atoms with Crippen molar-refractivity contribution >= 4 is 5.91 Å². The predicted molar refractivity (Wildman–Crippen MR) is 51.1 cm³/mol. The van der Waals surface area contributed by atoms with Gasteiger partial charge in [-0.05, 0) is 13.0 Å². The van der Waals surface area contributed by atoms with Crippen molar-refractivity contribution < 1.29 is 4.79 Å². The van der Waals surface area contributed by atoms with Crippen LogP contribution in [0, 0.1) is 0 Å². The molecule has 1 saturated heterocycles. The molecule has 1 aliphatic heterocycles. The van der Waals surface area contributed by atoms with Crippen LogP contribution in [0.3, 0.4) is 0 Å². The maximum atomic E-state index is 10.7. The summed E-state index contributed by atoms with van der Waals surface area (Å²) in [5, 5.41) is 3.27. The molecule has 1 rings (SSSR count). The van der Waals surface area contributed by atoms with Gasteiger partial charge in [-0.1, -0.05) is 0 Å². The van der Waals surface area contributed by atoms with E-state index in [-0.39, 0.29) is 5.91 Å². The summed E-state index contributed by atoms with van der Waals surface area (Å²) in [6, 6.07) is 0.367. The topological polar surface area (TPSA) is 84.4 Å². The fourth-order valence-corrected chi connectivity index (χ4v) is 1.69. The summed E-state index contributed by atoms with van der Waals surface area (Å²) < 4.78 is 0. The maximum Gasteiger partial charge on any atom is 0.231 e. The zero-order valence-electron chi connectivity index (χ0n) is 7.83. The lowest BCUT2D eigenvalue weighted by atomic mass is 10.1. The van der Waals surface area contributed by atoms with Crippen LogP contribution in [0.1, 0.15) is 6.42 Å². The Bertz CT molecular complexity index is 172. The molecule has 13 heavy (non-hydrogen) atoms. The van der Waals surface area contributed by atoms with Crippen LogP contribution >= 0.6 is 0 Å². The molecular weight excluding hydrogens is 168 g/mol. The van der Waals surface area contributed by atoms with Crippen LogP contribution in [0.25, 0.3) is 0 Å². The first-order valence-corrected chi connectivity index (χ1v) is 4.67. The number of amides is 1. The van der Waals surface area contributed by atoms with E-state index >= 15 is 0 Å². The second kappa shape index (κ2) is 5.16. The largest absolute Gasteiger partial charge is 0.369 e. The van der Waals surface area contributed by atoms with Crippen molar-refractivity contribution in [2.45, 2.75) is 12.5 Å². The van der Waals surface area contributed by atoms with Crippen molar-refractivity contribution in [1.82, 2.24) is 10.2 Å². The van der Waals surface area contributed by atoms with Crippen LogP contribution in [-0.4, -0.2) is 49.6 Å². The third kappa shape index (κ3) is 3.30. The first kappa shape index (κ1) is 10.4. The van der Waals surface area contributed by atoms with Crippen molar-refractivity contribution in [2.75, 3.05) is 32.7 Å². The van der Waals surface area contributed by atoms with Crippen LogP contribution in [0.15, 0.2) is 0 Å². The highest BCUT2D eigenvalue weighted by molar-refractivity contribution is 5.75. The van der Waals surface area contributed by atoms with Gasteiger partial charge in [0.2, 0.25) is 5.91 Å². The average molecular weight is 186 g/mol. The number of primary amides is 1. The van der Waals surface area contributed by atoms with Crippen LogP contribution < -0.4 is 16.8 Å². The molecule has 0 aromatic carbocycles. The summed E-state index contributed by atoms with van der Waals surface area (Å²) in [6.07, 6.45) is 0.917. The van der Waals surface area contributed by atoms with E-state index in [4.69, 9.17) is 11.5 Å². The lowest BCUT2D eigenvalue weighted by Crippen LogP contribution is -2.54. The van der Waals surface area contributed by atoms with Gasteiger partial charge in [-0.15, -0.1) is 0 Å². The van der Waals surface area contributed by atoms with Gasteiger partial charge in [0.1, 0.15) is 0 Å². The molecule has 0 aliphatic carbocycles. The van der Waals surface area contributed by atoms with Crippen molar-refractivity contribution in [3.63, 3.8) is 0 Å². The molecule has 1 amide bonds. The molecule has 0 spiro atoms. The van der Waals surface area contributed by atoms with E-state index in [9.17, 15) is 4.79 Å². The van der Waals surface area contributed by atoms with Gasteiger partial charge in [-0.3, -0.25) is 9.69 Å². The van der Waals surface area contributed by atoms with Gasteiger partial charge in [-0.25, -0.2) is 0 Å². The number of nitrogens with one attached hydrogen (secondary N) is 1. The summed E-state index contributed by atoms with van der Waals surface area (Å²) in [5.41, 5.74) is 10.6. The molecule has 5 N–H and O–H groups in total. The molecule has 76 valence electrons. The van der Waals surface area contributed by atoms with Gasteiger partial charge in [-0.2, -0.15) is 0 Å². The summed E-state index contributed by atoms with van der Waals surface area (Å²) in [5.74, 6) is -0.260. The normalized spacial score (nSPS) is 24.5. The zero-order valence-corrected chi connectivity index (χ0v) is 7.83. The first-order valence-electron chi connectivity index (χ1n) is 4.67. The van der Waals surface area contributed by atoms with Crippen molar-refractivity contribution in [3.05, 3.63) is 0 Å². The Morgan fingerprint density at radius 2 is 2.38 bits per heavy atom. The Morgan fingerprint density at radius 1 is 1.62 bits per heavy atom. The molecule has 1 aliphatic rings. The van der Waals surface area contributed by atoms with Crippen LogP contribution in [0.4, 0.5) is 0 Å². The van der Waals surface area contributed by atoms with Gasteiger partial charge in [0.15, 0.2) is 0 Å². The fourth-order valence-electron chi connectivity index (χ4n) is 1.69. The lowest BCUT2D eigenvalue weighted by Gasteiger charge is -2.35. The second-order valence-corrected chi connectivity index (χ2v) is 3.37. The minimum Gasteiger partial charge on any atom is -0.369 e. The molecule has 0 aromatic rings. The molecule has 5 heteroatoms. The van der Waals surface area contributed by atoms with E-state index in [1.54, 1.807) is 0 Å². The molecule has 5 nitrogen and oxygen atoms in total. The molecule has 0 saturated carbocycles. The second-order valence-electron chi connectivity index (χ2n) is 3.37. The van der Waals surface area contributed by atoms with Crippen molar-refractivity contribution in [3.8, 4) is 0 Å². The van der Waals surface area contributed by atoms with E-state index in [0.717, 1.165) is 26.1 Å². The van der Waals surface area contributed by atoms with Gasteiger partial charge < -0.3 is 16.8 Å². The summed E-state index contributed by atoms with van der Waals surface area (Å²) in [4.78, 5) is 12.8. The highest BCUT2D eigenvalue weighted by atomic mass is 16.1. The quantitative estimate of drug-likeness (QED) is 0.478. The number of hydrogen-bond acceptors (Lipinski definition) is 4. The van der Waals surface area contributed by atoms with E-state index in [1.807, 2.05) is 0 Å². The fraction of sp³-hybridized carbons (Fsp3) is 0.875. The third-order valence-electron chi connectivity index (χ3n) is 2.33. The third-order valence-corrected chi connectivity index (χ3v) is 2.33. The zero-order chi connectivity index (χ0) is 9.68. The highest BCUT2D eigenvalue weighted by Crippen LogP contribution is 2.05. The Morgan fingerprint density at radius 3 is 3.00 bits per heavy atom. The Balaban J connectivity index is 2.41. The maximum absolute atomic E-state index is 10.7. The summed E-state index contributed by atoms with van der Waals surface area (Å²) in [6.45, 7) is 3.72. The minimum atomic E-state index is -0.260. The van der Waals surface area contributed by atoms with E-state index in [1.165, 1.54) is 0 Å². The monoisotopic (exact) mass is 186 g/mol. The van der Waals surface area contributed by atoms with Gasteiger partial charge in [0, 0.05) is 25.7 Å². The molecule has 1 atom stereocenters. The van der Waals surface area contributed by atoms with Crippen molar-refractivity contribution in [2.24, 2.45) is 11.5 Å². The van der Waals surface area contributed by atoms with Gasteiger partial charge in [0.25, 0.3) is 0 Å². The van der Waals surface area contributed by atoms with E-state index in [0.29, 0.717) is 19.1 Å². The number of carbonyl (C=O) groups excluding carboxylic acids is 1. The molecular formula is C8H18N4O. The molecule has 1 unspecified atom stereocenters. The lowest BCUT2D eigenvalue weighted by molar-refractivity contribution is -0.119. The highest BCUT2D eigenvalue weighted by Gasteiger charge is 2.22. The smallest absolute Gasteiger partial charge is 0.231 e. The summed E-state index contributed by atoms with van der Waals surface area (Å²) in [7, 11) is 0. The molecule has 0 radical (unpaired) electrons. The number of nitrogens with two attached hydrogens (primary N) is 2. The van der Waals surface area contributed by atoms with E-state index in [2.05, 4.69) is 10.2 Å². The minimum absolute atomic E-state index is 0.260. The van der Waals surface area contributed by atoms with E-state index < -0.39 is 0 Å². The van der Waals surface area contributed by atoms with Gasteiger partial charge in [0.05, 0.1) is 6.54 Å². The average Bonchev–Trinajstić information content (AvgIpc) is 2.08. The molecule has 0 aromatic heterocycles. The number of carbonyl (C=O) groups is 1. The summed E-state index contributed by atoms with van der Waals surface area (Å²) >= 11 is 0. The number of hydrogen-bond donors (Lipinski definition) is 3. The number of piperazine rings is 1. The first-order chi connectivity index (χ1) is 6.24. The SMILES string of the molecule is NCCC1CNCCN1CC(N)=O. The molecule has 1 heterocycles. The van der Waals surface area contributed by atoms with Crippen LogP contribution in [0.5, 0.6) is 0 Å². The van der Waals surface area contributed by atoms with Crippen LogP contribution in [-0.2, 0) is 4.79 Å².